The van der Waals surface area contributed by atoms with Gasteiger partial charge in [-0.15, -0.1) is 0 Å². The number of aromatic nitrogens is 1. The molecule has 1 N–H and O–H groups in total. The summed E-state index contributed by atoms with van der Waals surface area (Å²) in [4.78, 5) is 18.8. The number of alkyl halides is 2. The van der Waals surface area contributed by atoms with Gasteiger partial charge < -0.3 is 19.7 Å². The van der Waals surface area contributed by atoms with Crippen molar-refractivity contribution in [3.8, 4) is 11.5 Å². The van der Waals surface area contributed by atoms with Crippen LogP contribution < -0.4 is 19.7 Å². The first-order valence-corrected chi connectivity index (χ1v) is 9.17. The molecule has 1 aliphatic rings. The van der Waals surface area contributed by atoms with E-state index in [9.17, 15) is 13.6 Å². The number of carbonyl (C=O) groups is 1. The van der Waals surface area contributed by atoms with Crippen LogP contribution in [-0.2, 0) is 4.79 Å². The second-order valence-electron chi connectivity index (χ2n) is 6.07. The molecule has 0 radical (unpaired) electrons. The summed E-state index contributed by atoms with van der Waals surface area (Å²) in [5.41, 5.74) is 0.719. The molecule has 26 heavy (non-hydrogen) atoms. The van der Waals surface area contributed by atoms with Crippen molar-refractivity contribution in [2.45, 2.75) is 19.3 Å². The number of carbonyl (C=O) groups excluding carboxylic acids is 1. The van der Waals surface area contributed by atoms with Crippen LogP contribution in [0, 0.1) is 5.92 Å². The third-order valence-corrected chi connectivity index (χ3v) is 5.52. The van der Waals surface area contributed by atoms with E-state index in [0.717, 1.165) is 28.3 Å². The van der Waals surface area contributed by atoms with Gasteiger partial charge in [0.1, 0.15) is 21.7 Å². The average molecular weight is 385 g/mol. The Balaban J connectivity index is 1.81. The van der Waals surface area contributed by atoms with Crippen molar-refractivity contribution < 1.29 is 23.0 Å². The molecule has 142 valence electrons. The predicted molar refractivity (Wildman–Crippen MR) is 96.7 cm³/mol. The molecule has 1 atom stereocenters. The van der Waals surface area contributed by atoms with Crippen LogP contribution in [-0.4, -0.2) is 51.2 Å². The number of benzene rings is 1. The van der Waals surface area contributed by atoms with Crippen molar-refractivity contribution in [2.75, 3.05) is 38.8 Å². The average Bonchev–Trinajstić information content (AvgIpc) is 3.10. The first-order valence-electron chi connectivity index (χ1n) is 8.35. The van der Waals surface area contributed by atoms with E-state index in [1.54, 1.807) is 14.2 Å². The Morgan fingerprint density at radius 2 is 2.12 bits per heavy atom. The highest BCUT2D eigenvalue weighted by Gasteiger charge is 2.28. The Kier molecular flexibility index (Phi) is 5.75. The lowest BCUT2D eigenvalue weighted by Gasteiger charge is -2.31. The van der Waals surface area contributed by atoms with E-state index >= 15 is 0 Å². The molecule has 2 aromatic rings. The maximum atomic E-state index is 12.3. The Hall–Kier alpha value is -2.16. The molecule has 1 aromatic carbocycles. The van der Waals surface area contributed by atoms with Crippen LogP contribution in [0.3, 0.4) is 0 Å². The Bertz CT molecular complexity index is 743. The third-order valence-electron chi connectivity index (χ3n) is 4.39. The van der Waals surface area contributed by atoms with E-state index in [4.69, 9.17) is 9.47 Å². The molecule has 0 spiro atoms. The van der Waals surface area contributed by atoms with Crippen LogP contribution in [0.4, 0.5) is 13.9 Å². The number of fused-ring (bicyclic) bond motifs is 1. The number of thiazole rings is 1. The van der Waals surface area contributed by atoms with Gasteiger partial charge in [-0.1, -0.05) is 11.3 Å². The number of amides is 1. The largest absolute Gasteiger partial charge is 0.495 e. The van der Waals surface area contributed by atoms with E-state index in [2.05, 4.69) is 10.3 Å². The van der Waals surface area contributed by atoms with Gasteiger partial charge in [0, 0.05) is 13.1 Å². The number of methoxy groups -OCH3 is 2. The summed E-state index contributed by atoms with van der Waals surface area (Å²) in [7, 11) is 3.19. The van der Waals surface area contributed by atoms with Gasteiger partial charge in [0.25, 0.3) is 6.43 Å². The van der Waals surface area contributed by atoms with E-state index in [1.807, 2.05) is 17.0 Å². The van der Waals surface area contributed by atoms with Gasteiger partial charge >= 0.3 is 0 Å². The van der Waals surface area contributed by atoms with Gasteiger partial charge in [0.05, 0.1) is 26.7 Å². The molecule has 0 aliphatic carbocycles. The normalized spacial score (nSPS) is 17.6. The number of hydrogen-bond acceptors (Lipinski definition) is 6. The Morgan fingerprint density at radius 3 is 2.81 bits per heavy atom. The summed E-state index contributed by atoms with van der Waals surface area (Å²) < 4.78 is 36.3. The molecule has 1 amide bonds. The van der Waals surface area contributed by atoms with Crippen molar-refractivity contribution in [1.29, 1.82) is 0 Å². The summed E-state index contributed by atoms with van der Waals surface area (Å²) in [6.07, 6.45) is -1.05. The standard InChI is InChI=1S/C17H21F2N3O3S/c1-24-11-5-6-12(25-2)15-14(11)21-17(26-15)22-7-3-4-10(9-22)16(23)20-8-13(18)19/h5-6,10,13H,3-4,7-9H2,1-2H3,(H,20,23). The molecular weight excluding hydrogens is 364 g/mol. The summed E-state index contributed by atoms with van der Waals surface area (Å²) >= 11 is 1.47. The van der Waals surface area contributed by atoms with Gasteiger partial charge in [0.2, 0.25) is 5.91 Å². The van der Waals surface area contributed by atoms with E-state index in [-0.39, 0.29) is 11.8 Å². The molecule has 9 heteroatoms. The highest BCUT2D eigenvalue weighted by molar-refractivity contribution is 7.22. The lowest BCUT2D eigenvalue weighted by molar-refractivity contribution is -0.125. The third kappa shape index (κ3) is 3.82. The smallest absolute Gasteiger partial charge is 0.255 e. The van der Waals surface area contributed by atoms with Crippen LogP contribution in [0.2, 0.25) is 0 Å². The fraction of sp³-hybridized carbons (Fsp3) is 0.529. The first-order chi connectivity index (χ1) is 12.5. The minimum Gasteiger partial charge on any atom is -0.495 e. The topological polar surface area (TPSA) is 63.7 Å². The highest BCUT2D eigenvalue weighted by atomic mass is 32.1. The van der Waals surface area contributed by atoms with E-state index < -0.39 is 13.0 Å². The van der Waals surface area contributed by atoms with Gasteiger partial charge in [-0.25, -0.2) is 13.8 Å². The van der Waals surface area contributed by atoms with Crippen LogP contribution in [0.25, 0.3) is 10.2 Å². The van der Waals surface area contributed by atoms with Crippen molar-refractivity contribution in [3.63, 3.8) is 0 Å². The second kappa shape index (κ2) is 8.03. The molecule has 1 aliphatic heterocycles. The maximum Gasteiger partial charge on any atom is 0.255 e. The fourth-order valence-corrected chi connectivity index (χ4v) is 4.21. The minimum atomic E-state index is -2.54. The van der Waals surface area contributed by atoms with Crippen molar-refractivity contribution in [1.82, 2.24) is 10.3 Å². The van der Waals surface area contributed by atoms with Crippen LogP contribution >= 0.6 is 11.3 Å². The molecule has 6 nitrogen and oxygen atoms in total. The molecular formula is C17H21F2N3O3S. The predicted octanol–water partition coefficient (Wildman–Crippen LogP) is 2.91. The van der Waals surface area contributed by atoms with Crippen molar-refractivity contribution in [2.24, 2.45) is 5.92 Å². The van der Waals surface area contributed by atoms with Gasteiger partial charge in [-0.3, -0.25) is 4.79 Å². The second-order valence-corrected chi connectivity index (χ2v) is 7.04. The van der Waals surface area contributed by atoms with Crippen LogP contribution in [0.15, 0.2) is 12.1 Å². The fourth-order valence-electron chi connectivity index (χ4n) is 3.10. The molecule has 3 rings (SSSR count). The van der Waals surface area contributed by atoms with E-state index in [1.165, 1.54) is 11.3 Å². The summed E-state index contributed by atoms with van der Waals surface area (Å²) in [5.74, 6) is 0.726. The summed E-state index contributed by atoms with van der Waals surface area (Å²) in [5, 5.41) is 3.09. The van der Waals surface area contributed by atoms with Crippen LogP contribution in [0.5, 0.6) is 11.5 Å². The van der Waals surface area contributed by atoms with Gasteiger partial charge in [-0.2, -0.15) is 0 Å². The number of rotatable bonds is 6. The molecule has 1 aromatic heterocycles. The number of nitrogens with zero attached hydrogens (tertiary/aromatic N) is 2. The van der Waals surface area contributed by atoms with E-state index in [0.29, 0.717) is 24.5 Å². The summed E-state index contributed by atoms with van der Waals surface area (Å²) in [6.45, 7) is 0.619. The molecule has 0 saturated carbocycles. The highest BCUT2D eigenvalue weighted by Crippen LogP contribution is 2.40. The maximum absolute atomic E-state index is 12.3. The lowest BCUT2D eigenvalue weighted by Crippen LogP contribution is -2.44. The number of piperidine rings is 1. The van der Waals surface area contributed by atoms with Crippen molar-refractivity contribution >= 4 is 32.6 Å². The Labute approximate surface area is 154 Å². The van der Waals surface area contributed by atoms with Crippen LogP contribution in [0.1, 0.15) is 12.8 Å². The van der Waals surface area contributed by atoms with Gasteiger partial charge in [0.15, 0.2) is 5.13 Å². The lowest BCUT2D eigenvalue weighted by atomic mass is 9.97. The number of hydrogen-bond donors (Lipinski definition) is 1. The molecule has 1 saturated heterocycles. The van der Waals surface area contributed by atoms with Crippen molar-refractivity contribution in [3.05, 3.63) is 12.1 Å². The quantitative estimate of drug-likeness (QED) is 0.828. The first kappa shape index (κ1) is 18.6. The summed E-state index contributed by atoms with van der Waals surface area (Å²) in [6, 6.07) is 3.64. The molecule has 1 unspecified atom stereocenters. The minimum absolute atomic E-state index is 0.321. The number of halogens is 2. The Morgan fingerprint density at radius 1 is 1.38 bits per heavy atom. The monoisotopic (exact) mass is 385 g/mol. The SMILES string of the molecule is COc1ccc(OC)c2sc(N3CCCC(C(=O)NCC(F)F)C3)nc12. The number of nitrogens with one attached hydrogen (secondary N) is 1. The zero-order valence-electron chi connectivity index (χ0n) is 14.6. The molecule has 0 bridgehead atoms. The number of ether oxygens (including phenoxy) is 2. The number of anilines is 1. The zero-order valence-corrected chi connectivity index (χ0v) is 15.4. The molecule has 1 fully saturated rings. The molecule has 2 heterocycles. The van der Waals surface area contributed by atoms with Gasteiger partial charge in [-0.05, 0) is 25.0 Å². The zero-order chi connectivity index (χ0) is 18.7.